The molecule has 3 rings (SSSR count). The summed E-state index contributed by atoms with van der Waals surface area (Å²) in [5.41, 5.74) is 0.442. The highest BCUT2D eigenvalue weighted by Crippen LogP contribution is 2.37. The molecule has 0 saturated heterocycles. The highest BCUT2D eigenvalue weighted by molar-refractivity contribution is 5.98. The van der Waals surface area contributed by atoms with Gasteiger partial charge in [-0.15, -0.1) is 0 Å². The van der Waals surface area contributed by atoms with Crippen molar-refractivity contribution in [3.63, 3.8) is 0 Å². The molecule has 1 aliphatic rings. The van der Waals surface area contributed by atoms with Crippen LogP contribution in [0, 0.1) is 0 Å². The van der Waals surface area contributed by atoms with E-state index in [0.29, 0.717) is 29.7 Å². The number of hydrogen-bond acceptors (Lipinski definition) is 4. The van der Waals surface area contributed by atoms with E-state index < -0.39 is 5.72 Å². The lowest BCUT2D eigenvalue weighted by Gasteiger charge is -2.31. The van der Waals surface area contributed by atoms with Crippen LogP contribution in [0.5, 0.6) is 5.75 Å². The topological polar surface area (TPSA) is 62.1 Å². The minimum Gasteiger partial charge on any atom is -0.497 e. The zero-order valence-electron chi connectivity index (χ0n) is 13.8. The van der Waals surface area contributed by atoms with E-state index in [1.807, 2.05) is 37.3 Å². The normalized spacial score (nSPS) is 20.0. The van der Waals surface area contributed by atoms with Crippen molar-refractivity contribution < 1.29 is 14.6 Å². The summed E-state index contributed by atoms with van der Waals surface area (Å²) in [5.74, 6) is 0.330. The molecule has 124 valence electrons. The van der Waals surface area contributed by atoms with Gasteiger partial charge in [0, 0.05) is 23.3 Å². The maximum absolute atomic E-state index is 12.9. The van der Waals surface area contributed by atoms with Gasteiger partial charge in [0.1, 0.15) is 5.75 Å². The largest absolute Gasteiger partial charge is 0.497 e. The number of methoxy groups -OCH3 is 1. The average Bonchev–Trinajstić information content (AvgIpc) is 3.00. The Morgan fingerprint density at radius 2 is 1.88 bits per heavy atom. The fourth-order valence-corrected chi connectivity index (χ4v) is 2.81. The molecule has 0 unspecified atom stereocenters. The standard InChI is InChI=1S/C19H20N2O3/c1-3-16-13-19(23,15-7-5-4-6-8-15)21(20-16)18(22)14-9-11-17(24-2)12-10-14/h4-12,23H,3,13H2,1-2H3/t19-/m0/s1. The molecule has 1 amide bonds. The third-order valence-corrected chi connectivity index (χ3v) is 4.22. The zero-order valence-corrected chi connectivity index (χ0v) is 13.8. The Kier molecular flexibility index (Phi) is 4.36. The van der Waals surface area contributed by atoms with Gasteiger partial charge >= 0.3 is 0 Å². The minimum absolute atomic E-state index is 0.315. The van der Waals surface area contributed by atoms with Crippen molar-refractivity contribution in [2.24, 2.45) is 5.10 Å². The molecule has 2 aromatic rings. The van der Waals surface area contributed by atoms with Crippen LogP contribution in [-0.4, -0.2) is 28.8 Å². The van der Waals surface area contributed by atoms with Crippen LogP contribution >= 0.6 is 0 Å². The van der Waals surface area contributed by atoms with Gasteiger partial charge < -0.3 is 9.84 Å². The molecule has 0 aromatic heterocycles. The van der Waals surface area contributed by atoms with Gasteiger partial charge in [-0.1, -0.05) is 37.3 Å². The van der Waals surface area contributed by atoms with Crippen molar-refractivity contribution in [2.75, 3.05) is 7.11 Å². The van der Waals surface area contributed by atoms with Gasteiger partial charge in [0.05, 0.1) is 7.11 Å². The van der Waals surface area contributed by atoms with Crippen molar-refractivity contribution in [3.05, 3.63) is 65.7 Å². The lowest BCUT2D eigenvalue weighted by atomic mass is 9.96. The predicted octanol–water partition coefficient (Wildman–Crippen LogP) is 3.15. The second-order valence-corrected chi connectivity index (χ2v) is 5.72. The molecule has 1 atom stereocenters. The van der Waals surface area contributed by atoms with Gasteiger partial charge in [0.2, 0.25) is 0 Å². The van der Waals surface area contributed by atoms with Crippen molar-refractivity contribution in [2.45, 2.75) is 25.5 Å². The molecule has 5 nitrogen and oxygen atoms in total. The molecule has 1 heterocycles. The zero-order chi connectivity index (χ0) is 17.2. The monoisotopic (exact) mass is 324 g/mol. The number of ether oxygens (including phenoxy) is 1. The SMILES string of the molecule is CCC1=NN(C(=O)c2ccc(OC)cc2)[C@@](O)(c2ccccc2)C1. The second kappa shape index (κ2) is 6.45. The molecule has 0 radical (unpaired) electrons. The molecular weight excluding hydrogens is 304 g/mol. The minimum atomic E-state index is -1.45. The lowest BCUT2D eigenvalue weighted by molar-refractivity contribution is -0.0765. The molecule has 24 heavy (non-hydrogen) atoms. The highest BCUT2D eigenvalue weighted by Gasteiger charge is 2.45. The maximum atomic E-state index is 12.9. The predicted molar refractivity (Wildman–Crippen MR) is 91.8 cm³/mol. The first-order chi connectivity index (χ1) is 11.6. The van der Waals surface area contributed by atoms with Crippen LogP contribution in [0.4, 0.5) is 0 Å². The Morgan fingerprint density at radius 1 is 1.21 bits per heavy atom. The lowest BCUT2D eigenvalue weighted by Crippen LogP contribution is -2.43. The molecule has 0 aliphatic carbocycles. The number of aliphatic hydroxyl groups is 1. The fraction of sp³-hybridized carbons (Fsp3) is 0.263. The van der Waals surface area contributed by atoms with Gasteiger partial charge in [-0.05, 0) is 30.7 Å². The van der Waals surface area contributed by atoms with Crippen LogP contribution in [0.3, 0.4) is 0 Å². The number of nitrogens with zero attached hydrogens (tertiary/aromatic N) is 2. The van der Waals surface area contributed by atoms with Crippen LogP contribution in [0.15, 0.2) is 59.7 Å². The molecule has 0 bridgehead atoms. The summed E-state index contributed by atoms with van der Waals surface area (Å²) < 4.78 is 5.12. The van der Waals surface area contributed by atoms with Gasteiger partial charge in [-0.25, -0.2) is 0 Å². The maximum Gasteiger partial charge on any atom is 0.276 e. The van der Waals surface area contributed by atoms with Gasteiger partial charge in [0.25, 0.3) is 5.91 Å². The third kappa shape index (κ3) is 2.78. The average molecular weight is 324 g/mol. The third-order valence-electron chi connectivity index (χ3n) is 4.22. The van der Waals surface area contributed by atoms with E-state index >= 15 is 0 Å². The summed E-state index contributed by atoms with van der Waals surface area (Å²) in [6, 6.07) is 16.0. The van der Waals surface area contributed by atoms with Crippen LogP contribution < -0.4 is 4.74 Å². The van der Waals surface area contributed by atoms with Crippen molar-refractivity contribution >= 4 is 11.6 Å². The number of hydrogen-bond donors (Lipinski definition) is 1. The van der Waals surface area contributed by atoms with Crippen molar-refractivity contribution in [3.8, 4) is 5.75 Å². The Balaban J connectivity index is 1.98. The summed E-state index contributed by atoms with van der Waals surface area (Å²) in [4.78, 5) is 12.9. The van der Waals surface area contributed by atoms with Gasteiger partial charge in [0.15, 0.2) is 5.72 Å². The smallest absolute Gasteiger partial charge is 0.276 e. The Hall–Kier alpha value is -2.66. The van der Waals surface area contributed by atoms with E-state index in [0.717, 1.165) is 5.71 Å². The molecule has 1 N–H and O–H groups in total. The summed E-state index contributed by atoms with van der Waals surface area (Å²) in [6.07, 6.45) is 0.997. The molecule has 0 spiro atoms. The van der Waals surface area contributed by atoms with Crippen molar-refractivity contribution in [1.29, 1.82) is 0 Å². The summed E-state index contributed by atoms with van der Waals surface area (Å²) in [6.45, 7) is 1.96. The molecule has 0 saturated carbocycles. The Labute approximate surface area is 141 Å². The van der Waals surface area contributed by atoms with E-state index in [2.05, 4.69) is 5.10 Å². The number of carbonyl (C=O) groups excluding carboxylic acids is 1. The number of hydrazone groups is 1. The van der Waals surface area contributed by atoms with Crippen LogP contribution in [-0.2, 0) is 5.72 Å². The number of carbonyl (C=O) groups is 1. The second-order valence-electron chi connectivity index (χ2n) is 5.72. The van der Waals surface area contributed by atoms with Crippen LogP contribution in [0.2, 0.25) is 0 Å². The van der Waals surface area contributed by atoms with E-state index in [1.165, 1.54) is 5.01 Å². The first-order valence-electron chi connectivity index (χ1n) is 7.91. The van der Waals surface area contributed by atoms with Gasteiger partial charge in [-0.3, -0.25) is 4.79 Å². The highest BCUT2D eigenvalue weighted by atomic mass is 16.5. The number of rotatable bonds is 4. The summed E-state index contributed by atoms with van der Waals surface area (Å²) in [7, 11) is 1.57. The van der Waals surface area contributed by atoms with E-state index in [1.54, 1.807) is 31.4 Å². The van der Waals surface area contributed by atoms with Crippen LogP contribution in [0.25, 0.3) is 0 Å². The van der Waals surface area contributed by atoms with Gasteiger partial charge in [-0.2, -0.15) is 10.1 Å². The molecule has 2 aromatic carbocycles. The fourth-order valence-electron chi connectivity index (χ4n) is 2.81. The molecule has 1 aliphatic heterocycles. The Morgan fingerprint density at radius 3 is 2.46 bits per heavy atom. The summed E-state index contributed by atoms with van der Waals surface area (Å²) in [5, 5.41) is 16.8. The quantitative estimate of drug-likeness (QED) is 0.940. The van der Waals surface area contributed by atoms with Crippen molar-refractivity contribution in [1.82, 2.24) is 5.01 Å². The summed E-state index contributed by atoms with van der Waals surface area (Å²) >= 11 is 0. The van der Waals surface area contributed by atoms with E-state index in [9.17, 15) is 9.90 Å². The molecule has 0 fully saturated rings. The van der Waals surface area contributed by atoms with Crippen LogP contribution in [0.1, 0.15) is 35.7 Å². The number of amides is 1. The number of benzene rings is 2. The molecule has 5 heteroatoms. The van der Waals surface area contributed by atoms with E-state index in [-0.39, 0.29) is 5.91 Å². The first kappa shape index (κ1) is 16.2. The Bertz CT molecular complexity index is 756. The first-order valence-corrected chi connectivity index (χ1v) is 7.91. The molecular formula is C19H20N2O3. The van der Waals surface area contributed by atoms with E-state index in [4.69, 9.17) is 4.74 Å².